The molecule has 5 rings (SSSR count). The van der Waals surface area contributed by atoms with Gasteiger partial charge in [0.15, 0.2) is 0 Å². The van der Waals surface area contributed by atoms with Crippen molar-refractivity contribution in [2.24, 2.45) is 0 Å². The van der Waals surface area contributed by atoms with Crippen LogP contribution in [0.25, 0.3) is 11.0 Å². The molecule has 0 unspecified atom stereocenters. The lowest BCUT2D eigenvalue weighted by molar-refractivity contribution is -0.136. The monoisotopic (exact) mass is 518 g/mol. The first kappa shape index (κ1) is 25.6. The van der Waals surface area contributed by atoms with E-state index in [1.807, 2.05) is 4.90 Å². The third kappa shape index (κ3) is 5.16. The third-order valence-corrected chi connectivity index (χ3v) is 9.92. The molecule has 11 heteroatoms. The molecular weight excluding hydrogens is 480 g/mol. The first-order chi connectivity index (χ1) is 17.5. The van der Waals surface area contributed by atoms with Gasteiger partial charge in [-0.3, -0.25) is 9.69 Å². The van der Waals surface area contributed by atoms with E-state index in [1.54, 1.807) is 30.0 Å². The predicted octanol–water partition coefficient (Wildman–Crippen LogP) is 2.10. The zero-order valence-corrected chi connectivity index (χ0v) is 22.0. The molecule has 198 valence electrons. The lowest BCUT2D eigenvalue weighted by Gasteiger charge is -2.41. The van der Waals surface area contributed by atoms with Crippen molar-refractivity contribution in [3.8, 4) is 0 Å². The fraction of sp³-hybridized carbons (Fsp3) is 0.720. The Morgan fingerprint density at radius 3 is 2.56 bits per heavy atom. The number of fused-ring (bicyclic) bond motifs is 1. The van der Waals surface area contributed by atoms with E-state index >= 15 is 0 Å². The number of aromatic nitrogens is 3. The maximum Gasteiger partial charge on any atom is 0.243 e. The standard InChI is InChI=1S/C25H38N6O4S/c1-35-18-6-12-30-23-11-10-21(19-22(23)26-27-30)36(33,34)31-13-5-9-24(31)25(32)29-16-14-28(15-17-29)20-7-3-2-4-8-20/h10-11,19-20,24H,2-9,12-18H2,1H3/t24-/m0/s1. The maximum absolute atomic E-state index is 13.6. The van der Waals surface area contributed by atoms with Crippen LogP contribution in [-0.2, 0) is 26.1 Å². The molecule has 3 fully saturated rings. The fourth-order valence-corrected chi connectivity index (χ4v) is 7.68. The molecule has 0 bridgehead atoms. The summed E-state index contributed by atoms with van der Waals surface area (Å²) in [5.41, 5.74) is 1.32. The molecule has 3 aliphatic rings. The molecule has 2 aliphatic heterocycles. The number of amides is 1. The number of ether oxygens (including phenoxy) is 1. The normalized spacial score (nSPS) is 23.0. The summed E-state index contributed by atoms with van der Waals surface area (Å²) in [6.07, 6.45) is 8.50. The van der Waals surface area contributed by atoms with Crippen LogP contribution in [0.1, 0.15) is 51.4 Å². The highest BCUT2D eigenvalue weighted by atomic mass is 32.2. The molecule has 0 spiro atoms. The molecule has 36 heavy (non-hydrogen) atoms. The van der Waals surface area contributed by atoms with E-state index in [0.29, 0.717) is 57.2 Å². The average molecular weight is 519 g/mol. The Hall–Kier alpha value is -2.08. The van der Waals surface area contributed by atoms with E-state index in [4.69, 9.17) is 4.74 Å². The van der Waals surface area contributed by atoms with Crippen molar-refractivity contribution in [3.63, 3.8) is 0 Å². The smallest absolute Gasteiger partial charge is 0.243 e. The van der Waals surface area contributed by atoms with Gasteiger partial charge in [0.1, 0.15) is 11.6 Å². The lowest BCUT2D eigenvalue weighted by atomic mass is 9.94. The molecule has 1 amide bonds. The number of nitrogens with zero attached hydrogens (tertiary/aromatic N) is 6. The summed E-state index contributed by atoms with van der Waals surface area (Å²) in [6, 6.07) is 4.96. The Bertz CT molecular complexity index is 1150. The van der Waals surface area contributed by atoms with Crippen molar-refractivity contribution in [2.75, 3.05) is 46.4 Å². The van der Waals surface area contributed by atoms with Crippen LogP contribution >= 0.6 is 0 Å². The number of aryl methyl sites for hydroxylation is 1. The number of methoxy groups -OCH3 is 1. The second kappa shape index (κ2) is 11.1. The maximum atomic E-state index is 13.6. The highest BCUT2D eigenvalue weighted by Gasteiger charge is 2.42. The molecule has 2 saturated heterocycles. The number of carbonyl (C=O) groups is 1. The summed E-state index contributed by atoms with van der Waals surface area (Å²) in [5, 5.41) is 8.35. The summed E-state index contributed by atoms with van der Waals surface area (Å²) < 4.78 is 35.5. The SMILES string of the molecule is COCCCn1nnc2cc(S(=O)(=O)N3CCC[C@H]3C(=O)N3CCN(C4CCCCC4)CC3)ccc21. The quantitative estimate of drug-likeness (QED) is 0.493. The molecule has 1 saturated carbocycles. The summed E-state index contributed by atoms with van der Waals surface area (Å²) >= 11 is 0. The molecule has 1 atom stereocenters. The highest BCUT2D eigenvalue weighted by Crippen LogP contribution is 2.30. The number of hydrogen-bond donors (Lipinski definition) is 0. The van der Waals surface area contributed by atoms with Crippen molar-refractivity contribution < 1.29 is 17.9 Å². The van der Waals surface area contributed by atoms with Crippen molar-refractivity contribution in [1.29, 1.82) is 0 Å². The van der Waals surface area contributed by atoms with Crippen LogP contribution < -0.4 is 0 Å². The van der Waals surface area contributed by atoms with E-state index in [0.717, 1.165) is 25.0 Å². The molecule has 2 aromatic rings. The molecule has 0 N–H and O–H groups in total. The van der Waals surface area contributed by atoms with E-state index < -0.39 is 16.1 Å². The van der Waals surface area contributed by atoms with Crippen LogP contribution in [0.4, 0.5) is 0 Å². The zero-order valence-electron chi connectivity index (χ0n) is 21.2. The summed E-state index contributed by atoms with van der Waals surface area (Å²) in [6.45, 7) is 4.75. The minimum Gasteiger partial charge on any atom is -0.385 e. The van der Waals surface area contributed by atoms with E-state index in [2.05, 4.69) is 15.2 Å². The van der Waals surface area contributed by atoms with Gasteiger partial charge in [-0.15, -0.1) is 5.10 Å². The van der Waals surface area contributed by atoms with Crippen LogP contribution in [0, 0.1) is 0 Å². The van der Waals surface area contributed by atoms with Crippen molar-refractivity contribution in [2.45, 2.75) is 74.9 Å². The van der Waals surface area contributed by atoms with Gasteiger partial charge < -0.3 is 9.64 Å². The first-order valence-electron chi connectivity index (χ1n) is 13.4. The summed E-state index contributed by atoms with van der Waals surface area (Å²) in [4.78, 5) is 18.1. The topological polar surface area (TPSA) is 101 Å². The second-order valence-corrected chi connectivity index (χ2v) is 12.1. The number of sulfonamides is 1. The van der Waals surface area contributed by atoms with Gasteiger partial charge in [0.05, 0.1) is 10.4 Å². The fourth-order valence-electron chi connectivity index (χ4n) is 6.01. The number of rotatable bonds is 8. The Balaban J connectivity index is 1.26. The lowest BCUT2D eigenvalue weighted by Crippen LogP contribution is -2.56. The van der Waals surface area contributed by atoms with Crippen LogP contribution in [0.15, 0.2) is 23.1 Å². The van der Waals surface area contributed by atoms with E-state index in [9.17, 15) is 13.2 Å². The van der Waals surface area contributed by atoms with E-state index in [1.165, 1.54) is 36.4 Å². The third-order valence-electron chi connectivity index (χ3n) is 8.02. The predicted molar refractivity (Wildman–Crippen MR) is 136 cm³/mol. The minimum absolute atomic E-state index is 0.0514. The molecule has 3 heterocycles. The molecule has 1 aliphatic carbocycles. The van der Waals surface area contributed by atoms with Crippen LogP contribution in [-0.4, -0.2) is 102 Å². The molecule has 0 radical (unpaired) electrons. The molecule has 10 nitrogen and oxygen atoms in total. The largest absolute Gasteiger partial charge is 0.385 e. The Morgan fingerprint density at radius 1 is 1.03 bits per heavy atom. The first-order valence-corrected chi connectivity index (χ1v) is 14.8. The van der Waals surface area contributed by atoms with Crippen LogP contribution in [0.3, 0.4) is 0 Å². The average Bonchev–Trinajstić information content (AvgIpc) is 3.57. The number of benzene rings is 1. The molecule has 1 aromatic heterocycles. The van der Waals surface area contributed by atoms with Crippen molar-refractivity contribution in [1.82, 2.24) is 29.1 Å². The minimum atomic E-state index is -3.82. The summed E-state index contributed by atoms with van der Waals surface area (Å²) in [7, 11) is -2.17. The van der Waals surface area contributed by atoms with Gasteiger partial charge in [-0.2, -0.15) is 4.31 Å². The number of piperazine rings is 1. The number of hydrogen-bond acceptors (Lipinski definition) is 7. The Kier molecular flexibility index (Phi) is 7.90. The van der Waals surface area contributed by atoms with Gasteiger partial charge in [0.2, 0.25) is 15.9 Å². The highest BCUT2D eigenvalue weighted by molar-refractivity contribution is 7.89. The van der Waals surface area contributed by atoms with Crippen LogP contribution in [0.5, 0.6) is 0 Å². The van der Waals surface area contributed by atoms with Gasteiger partial charge in [-0.05, 0) is 50.3 Å². The van der Waals surface area contributed by atoms with Gasteiger partial charge in [0.25, 0.3) is 0 Å². The zero-order chi connectivity index (χ0) is 25.1. The summed E-state index contributed by atoms with van der Waals surface area (Å²) in [5.74, 6) is -0.0514. The van der Waals surface area contributed by atoms with E-state index in [-0.39, 0.29) is 10.8 Å². The van der Waals surface area contributed by atoms with Gasteiger partial charge in [0, 0.05) is 59.0 Å². The molecular formula is C25H38N6O4S. The second-order valence-electron chi connectivity index (χ2n) is 10.2. The van der Waals surface area contributed by atoms with Crippen LogP contribution in [0.2, 0.25) is 0 Å². The Labute approximate surface area is 213 Å². The van der Waals surface area contributed by atoms with Gasteiger partial charge >= 0.3 is 0 Å². The Morgan fingerprint density at radius 2 is 1.81 bits per heavy atom. The van der Waals surface area contributed by atoms with Gasteiger partial charge in [-0.1, -0.05) is 24.5 Å². The van der Waals surface area contributed by atoms with Crippen molar-refractivity contribution >= 4 is 27.0 Å². The van der Waals surface area contributed by atoms with Gasteiger partial charge in [-0.25, -0.2) is 13.1 Å². The molecule has 1 aromatic carbocycles. The van der Waals surface area contributed by atoms with Crippen molar-refractivity contribution in [3.05, 3.63) is 18.2 Å². The number of carbonyl (C=O) groups excluding carboxylic acids is 1.